The predicted molar refractivity (Wildman–Crippen MR) is 82.1 cm³/mol. The fourth-order valence-corrected chi connectivity index (χ4v) is 2.00. The first-order chi connectivity index (χ1) is 8.54. The van der Waals surface area contributed by atoms with E-state index in [0.29, 0.717) is 19.2 Å². The van der Waals surface area contributed by atoms with E-state index in [1.54, 1.807) is 7.11 Å². The van der Waals surface area contributed by atoms with Gasteiger partial charge in [-0.25, -0.2) is 0 Å². The Labute approximate surface area is 123 Å². The van der Waals surface area contributed by atoms with Gasteiger partial charge in [0.1, 0.15) is 0 Å². The maximum atomic E-state index is 12.1. The van der Waals surface area contributed by atoms with Crippen LogP contribution in [0.25, 0.3) is 0 Å². The van der Waals surface area contributed by atoms with E-state index in [1.165, 1.54) is 0 Å². The van der Waals surface area contributed by atoms with Crippen molar-refractivity contribution in [1.29, 1.82) is 0 Å². The number of methoxy groups -OCH3 is 1. The topological polar surface area (TPSA) is 29.5 Å². The first kappa shape index (κ1) is 15.6. The van der Waals surface area contributed by atoms with Crippen LogP contribution in [0, 0.1) is 3.57 Å². The second kappa shape index (κ2) is 7.86. The molecule has 0 atom stereocenters. The lowest BCUT2D eigenvalue weighted by Gasteiger charge is -2.25. The molecule has 1 aromatic carbocycles. The van der Waals surface area contributed by atoms with Gasteiger partial charge in [0.15, 0.2) is 5.78 Å². The summed E-state index contributed by atoms with van der Waals surface area (Å²) in [6.07, 6.45) is 0. The van der Waals surface area contributed by atoms with Gasteiger partial charge in [-0.05, 0) is 48.6 Å². The molecule has 0 fully saturated rings. The van der Waals surface area contributed by atoms with E-state index in [0.717, 1.165) is 15.7 Å². The summed E-state index contributed by atoms with van der Waals surface area (Å²) >= 11 is 2.24. The number of benzene rings is 1. The van der Waals surface area contributed by atoms with Crippen LogP contribution >= 0.6 is 22.6 Å². The summed E-state index contributed by atoms with van der Waals surface area (Å²) in [4.78, 5) is 14.3. The summed E-state index contributed by atoms with van der Waals surface area (Å²) in [5, 5.41) is 0. The largest absolute Gasteiger partial charge is 0.383 e. The Morgan fingerprint density at radius 2 is 1.94 bits per heavy atom. The normalized spacial score (nSPS) is 11.2. The molecule has 1 rings (SSSR count). The molecule has 0 aliphatic rings. The highest BCUT2D eigenvalue weighted by atomic mass is 127. The van der Waals surface area contributed by atoms with Gasteiger partial charge in [-0.3, -0.25) is 9.69 Å². The monoisotopic (exact) mass is 361 g/mol. The van der Waals surface area contributed by atoms with E-state index in [2.05, 4.69) is 41.3 Å². The molecule has 0 N–H and O–H groups in total. The van der Waals surface area contributed by atoms with E-state index >= 15 is 0 Å². The van der Waals surface area contributed by atoms with Crippen molar-refractivity contribution in [1.82, 2.24) is 4.90 Å². The van der Waals surface area contributed by atoms with E-state index in [-0.39, 0.29) is 5.78 Å². The van der Waals surface area contributed by atoms with Crippen molar-refractivity contribution in [3.63, 3.8) is 0 Å². The van der Waals surface area contributed by atoms with Gasteiger partial charge in [-0.1, -0.05) is 12.1 Å². The van der Waals surface area contributed by atoms with Crippen LogP contribution < -0.4 is 0 Å². The highest BCUT2D eigenvalue weighted by molar-refractivity contribution is 14.1. The Morgan fingerprint density at radius 1 is 1.33 bits per heavy atom. The zero-order chi connectivity index (χ0) is 13.5. The van der Waals surface area contributed by atoms with Gasteiger partial charge in [-0.15, -0.1) is 0 Å². The van der Waals surface area contributed by atoms with Crippen molar-refractivity contribution in [2.24, 2.45) is 0 Å². The number of Topliss-reactive ketones (excluding diaryl/α,β-unsaturated/α-hetero) is 1. The molecule has 0 saturated heterocycles. The van der Waals surface area contributed by atoms with Gasteiger partial charge >= 0.3 is 0 Å². The summed E-state index contributed by atoms with van der Waals surface area (Å²) in [6.45, 7) is 6.07. The fraction of sp³-hybridized carbons (Fsp3) is 0.500. The molecule has 4 heteroatoms. The lowest BCUT2D eigenvalue weighted by atomic mass is 10.1. The Hall–Kier alpha value is -0.460. The summed E-state index contributed by atoms with van der Waals surface area (Å²) in [5.74, 6) is 0.163. The molecule has 0 spiro atoms. The fourth-order valence-electron chi connectivity index (χ4n) is 1.64. The Bertz CT molecular complexity index is 376. The van der Waals surface area contributed by atoms with Crippen LogP contribution in [0.5, 0.6) is 0 Å². The first-order valence-electron chi connectivity index (χ1n) is 6.06. The third-order valence-corrected chi connectivity index (χ3v) is 3.54. The van der Waals surface area contributed by atoms with Crippen molar-refractivity contribution in [3.8, 4) is 0 Å². The lowest BCUT2D eigenvalue weighted by molar-refractivity contribution is 0.0852. The van der Waals surface area contributed by atoms with Crippen molar-refractivity contribution >= 4 is 28.4 Å². The Kier molecular flexibility index (Phi) is 6.81. The maximum Gasteiger partial charge on any atom is 0.176 e. The van der Waals surface area contributed by atoms with Gasteiger partial charge in [0.2, 0.25) is 0 Å². The third kappa shape index (κ3) is 5.04. The van der Waals surface area contributed by atoms with Crippen LogP contribution in [-0.4, -0.2) is 43.5 Å². The number of halogens is 1. The van der Waals surface area contributed by atoms with Gasteiger partial charge in [0.05, 0.1) is 13.2 Å². The first-order valence-corrected chi connectivity index (χ1v) is 7.14. The molecule has 0 saturated carbocycles. The molecule has 0 radical (unpaired) electrons. The smallest absolute Gasteiger partial charge is 0.176 e. The highest BCUT2D eigenvalue weighted by Crippen LogP contribution is 2.09. The summed E-state index contributed by atoms with van der Waals surface area (Å²) in [6, 6.07) is 8.04. The maximum absolute atomic E-state index is 12.1. The van der Waals surface area contributed by atoms with Gasteiger partial charge < -0.3 is 4.74 Å². The van der Waals surface area contributed by atoms with Crippen molar-refractivity contribution in [2.45, 2.75) is 19.9 Å². The average Bonchev–Trinajstić information content (AvgIpc) is 2.34. The van der Waals surface area contributed by atoms with E-state index in [1.807, 2.05) is 24.3 Å². The molecule has 18 heavy (non-hydrogen) atoms. The minimum absolute atomic E-state index is 0.163. The number of carbonyl (C=O) groups is 1. The predicted octanol–water partition coefficient (Wildman–Crippen LogP) is 2.83. The molecule has 0 unspecified atom stereocenters. The Morgan fingerprint density at radius 3 is 2.44 bits per heavy atom. The Balaban J connectivity index is 2.63. The van der Waals surface area contributed by atoms with Gasteiger partial charge in [0, 0.05) is 28.8 Å². The van der Waals surface area contributed by atoms with Crippen LogP contribution in [0.15, 0.2) is 24.3 Å². The molecule has 3 nitrogen and oxygen atoms in total. The van der Waals surface area contributed by atoms with Crippen LogP contribution in [0.1, 0.15) is 24.2 Å². The number of hydrogen-bond donors (Lipinski definition) is 0. The van der Waals surface area contributed by atoms with Gasteiger partial charge in [-0.2, -0.15) is 0 Å². The molecule has 0 bridgehead atoms. The summed E-state index contributed by atoms with van der Waals surface area (Å²) in [5.41, 5.74) is 0.776. The summed E-state index contributed by atoms with van der Waals surface area (Å²) in [7, 11) is 1.68. The molecule has 0 heterocycles. The van der Waals surface area contributed by atoms with Crippen molar-refractivity contribution < 1.29 is 9.53 Å². The standard InChI is InChI=1S/C14H20INO2/c1-11(2)16(8-9-18-3)10-14(17)12-4-6-13(15)7-5-12/h4-7,11H,8-10H2,1-3H3. The third-order valence-electron chi connectivity index (χ3n) is 2.83. The van der Waals surface area contributed by atoms with E-state index < -0.39 is 0 Å². The molecule has 0 amide bonds. The van der Waals surface area contributed by atoms with Crippen LogP contribution in [0.2, 0.25) is 0 Å². The number of rotatable bonds is 7. The zero-order valence-electron chi connectivity index (χ0n) is 11.1. The molecule has 100 valence electrons. The summed E-state index contributed by atoms with van der Waals surface area (Å²) < 4.78 is 6.21. The molecule has 0 aliphatic heterocycles. The second-order valence-electron chi connectivity index (χ2n) is 4.49. The zero-order valence-corrected chi connectivity index (χ0v) is 13.3. The van der Waals surface area contributed by atoms with Crippen molar-refractivity contribution in [2.75, 3.05) is 26.8 Å². The van der Waals surface area contributed by atoms with Crippen LogP contribution in [-0.2, 0) is 4.74 Å². The van der Waals surface area contributed by atoms with Gasteiger partial charge in [0.25, 0.3) is 0 Å². The number of nitrogens with zero attached hydrogens (tertiary/aromatic N) is 1. The van der Waals surface area contributed by atoms with E-state index in [9.17, 15) is 4.79 Å². The SMILES string of the molecule is COCCN(CC(=O)c1ccc(I)cc1)C(C)C. The van der Waals surface area contributed by atoms with Crippen LogP contribution in [0.4, 0.5) is 0 Å². The lowest BCUT2D eigenvalue weighted by Crippen LogP contribution is -2.38. The number of carbonyl (C=O) groups excluding carboxylic acids is 1. The minimum atomic E-state index is 0.163. The second-order valence-corrected chi connectivity index (χ2v) is 5.73. The highest BCUT2D eigenvalue weighted by Gasteiger charge is 2.14. The average molecular weight is 361 g/mol. The minimum Gasteiger partial charge on any atom is -0.383 e. The number of ether oxygens (including phenoxy) is 1. The molecular weight excluding hydrogens is 341 g/mol. The molecular formula is C14H20INO2. The van der Waals surface area contributed by atoms with E-state index in [4.69, 9.17) is 4.74 Å². The van der Waals surface area contributed by atoms with Crippen molar-refractivity contribution in [3.05, 3.63) is 33.4 Å². The number of ketones is 1. The molecule has 0 aliphatic carbocycles. The number of hydrogen-bond acceptors (Lipinski definition) is 3. The molecule has 0 aromatic heterocycles. The quantitative estimate of drug-likeness (QED) is 0.553. The van der Waals surface area contributed by atoms with Crippen LogP contribution in [0.3, 0.4) is 0 Å². The molecule has 1 aromatic rings.